The summed E-state index contributed by atoms with van der Waals surface area (Å²) in [4.78, 5) is 8.40. The fourth-order valence-electron chi connectivity index (χ4n) is 2.08. The molecule has 1 heterocycles. The van der Waals surface area contributed by atoms with Crippen LogP contribution in [0.1, 0.15) is 23.6 Å². The Kier molecular flexibility index (Phi) is 5.51. The third-order valence-corrected chi connectivity index (χ3v) is 3.08. The Morgan fingerprint density at radius 3 is 2.76 bits per heavy atom. The summed E-state index contributed by atoms with van der Waals surface area (Å²) in [6.45, 7) is 5.80. The smallest absolute Gasteiger partial charge is 0.221 e. The van der Waals surface area contributed by atoms with Gasteiger partial charge in [0.25, 0.3) is 0 Å². The summed E-state index contributed by atoms with van der Waals surface area (Å²) in [5.74, 6) is 1.42. The molecule has 1 N–H and O–H groups in total. The highest BCUT2D eigenvalue weighted by molar-refractivity contribution is 5.48. The Labute approximate surface area is 125 Å². The van der Waals surface area contributed by atoms with Gasteiger partial charge in [-0.1, -0.05) is 24.3 Å². The molecule has 5 heteroatoms. The van der Waals surface area contributed by atoms with Crippen LogP contribution >= 0.6 is 0 Å². The summed E-state index contributed by atoms with van der Waals surface area (Å²) < 4.78 is 10.6. The molecule has 21 heavy (non-hydrogen) atoms. The standard InChI is InChI=1S/C16H21N3O2/c1-4-21-16-12(2)15(18-11-19-16)17-9-13-6-5-7-14(8-13)10-20-3/h5-8,11H,4,9-10H2,1-3H3,(H,17,18,19). The molecule has 0 aliphatic rings. The minimum atomic E-state index is 0.594. The maximum absolute atomic E-state index is 5.47. The number of hydrogen-bond donors (Lipinski definition) is 1. The van der Waals surface area contributed by atoms with Crippen LogP contribution in [0.15, 0.2) is 30.6 Å². The average molecular weight is 287 g/mol. The van der Waals surface area contributed by atoms with Gasteiger partial charge in [0.15, 0.2) is 0 Å². The lowest BCUT2D eigenvalue weighted by Crippen LogP contribution is -2.06. The molecule has 0 unspecified atom stereocenters. The highest BCUT2D eigenvalue weighted by atomic mass is 16.5. The Hall–Kier alpha value is -2.14. The molecule has 0 bridgehead atoms. The largest absolute Gasteiger partial charge is 0.478 e. The first-order chi connectivity index (χ1) is 10.2. The third kappa shape index (κ3) is 4.16. The van der Waals surface area contributed by atoms with E-state index in [-0.39, 0.29) is 0 Å². The second-order valence-corrected chi connectivity index (χ2v) is 4.69. The van der Waals surface area contributed by atoms with E-state index < -0.39 is 0 Å². The number of benzene rings is 1. The lowest BCUT2D eigenvalue weighted by Gasteiger charge is -2.12. The molecule has 0 spiro atoms. The Morgan fingerprint density at radius 1 is 1.19 bits per heavy atom. The van der Waals surface area contributed by atoms with Gasteiger partial charge in [-0.2, -0.15) is 0 Å². The first-order valence-electron chi connectivity index (χ1n) is 6.99. The topological polar surface area (TPSA) is 56.3 Å². The second kappa shape index (κ2) is 7.59. The van der Waals surface area contributed by atoms with Gasteiger partial charge in [-0.05, 0) is 25.0 Å². The monoisotopic (exact) mass is 287 g/mol. The van der Waals surface area contributed by atoms with Crippen molar-refractivity contribution >= 4 is 5.82 Å². The third-order valence-electron chi connectivity index (χ3n) is 3.08. The van der Waals surface area contributed by atoms with Crippen molar-refractivity contribution in [1.29, 1.82) is 0 Å². The Bertz CT molecular complexity index is 587. The van der Waals surface area contributed by atoms with Gasteiger partial charge in [-0.25, -0.2) is 9.97 Å². The van der Waals surface area contributed by atoms with E-state index in [1.54, 1.807) is 7.11 Å². The van der Waals surface area contributed by atoms with Gasteiger partial charge in [0.05, 0.1) is 18.8 Å². The molecular formula is C16H21N3O2. The summed E-state index contributed by atoms with van der Waals surface area (Å²) in [7, 11) is 1.70. The van der Waals surface area contributed by atoms with Gasteiger partial charge >= 0.3 is 0 Å². The SMILES string of the molecule is CCOc1ncnc(NCc2cccc(COC)c2)c1C. The van der Waals surface area contributed by atoms with Crippen LogP contribution < -0.4 is 10.1 Å². The molecule has 2 rings (SSSR count). The maximum Gasteiger partial charge on any atom is 0.221 e. The number of nitrogens with zero attached hydrogens (tertiary/aromatic N) is 2. The van der Waals surface area contributed by atoms with E-state index in [9.17, 15) is 0 Å². The van der Waals surface area contributed by atoms with Crippen LogP contribution in [0, 0.1) is 6.92 Å². The van der Waals surface area contributed by atoms with E-state index >= 15 is 0 Å². The lowest BCUT2D eigenvalue weighted by molar-refractivity contribution is 0.185. The van der Waals surface area contributed by atoms with E-state index in [1.165, 1.54) is 11.9 Å². The predicted octanol–water partition coefficient (Wildman–Crippen LogP) is 2.94. The Morgan fingerprint density at radius 2 is 2.00 bits per heavy atom. The van der Waals surface area contributed by atoms with Crippen LogP contribution in [-0.2, 0) is 17.9 Å². The summed E-state index contributed by atoms with van der Waals surface area (Å²) in [5.41, 5.74) is 3.26. The summed E-state index contributed by atoms with van der Waals surface area (Å²) in [5, 5.41) is 3.33. The normalized spacial score (nSPS) is 10.4. The van der Waals surface area contributed by atoms with Crippen LogP contribution in [0.25, 0.3) is 0 Å². The molecule has 0 aliphatic carbocycles. The quantitative estimate of drug-likeness (QED) is 0.848. The first kappa shape index (κ1) is 15.3. The number of anilines is 1. The molecule has 0 amide bonds. The zero-order valence-corrected chi connectivity index (χ0v) is 12.7. The van der Waals surface area contributed by atoms with E-state index in [1.807, 2.05) is 19.9 Å². The summed E-state index contributed by atoms with van der Waals surface area (Å²) in [6.07, 6.45) is 1.52. The molecule has 112 valence electrons. The van der Waals surface area contributed by atoms with Gasteiger partial charge in [0, 0.05) is 13.7 Å². The number of rotatable bonds is 7. The number of aromatic nitrogens is 2. The van der Waals surface area contributed by atoms with Crippen LogP contribution in [-0.4, -0.2) is 23.7 Å². The molecule has 1 aromatic carbocycles. The fourth-order valence-corrected chi connectivity index (χ4v) is 2.08. The van der Waals surface area contributed by atoms with E-state index in [2.05, 4.69) is 33.5 Å². The van der Waals surface area contributed by atoms with Crippen LogP contribution in [0.2, 0.25) is 0 Å². The van der Waals surface area contributed by atoms with Crippen LogP contribution in [0.3, 0.4) is 0 Å². The minimum absolute atomic E-state index is 0.594. The first-order valence-corrected chi connectivity index (χ1v) is 6.99. The number of hydrogen-bond acceptors (Lipinski definition) is 5. The number of methoxy groups -OCH3 is 1. The summed E-state index contributed by atoms with van der Waals surface area (Å²) in [6, 6.07) is 8.28. The van der Waals surface area contributed by atoms with E-state index in [0.29, 0.717) is 25.6 Å². The van der Waals surface area contributed by atoms with Crippen molar-refractivity contribution in [2.24, 2.45) is 0 Å². The molecule has 0 aliphatic heterocycles. The predicted molar refractivity (Wildman–Crippen MR) is 82.4 cm³/mol. The lowest BCUT2D eigenvalue weighted by atomic mass is 10.1. The van der Waals surface area contributed by atoms with Crippen LogP contribution in [0.5, 0.6) is 5.88 Å². The highest BCUT2D eigenvalue weighted by Crippen LogP contribution is 2.21. The molecule has 0 saturated heterocycles. The van der Waals surface area contributed by atoms with Gasteiger partial charge in [0.2, 0.25) is 5.88 Å². The molecule has 0 saturated carbocycles. The molecule has 5 nitrogen and oxygen atoms in total. The molecule has 2 aromatic rings. The van der Waals surface area contributed by atoms with Crippen molar-refractivity contribution in [3.63, 3.8) is 0 Å². The van der Waals surface area contributed by atoms with Crippen molar-refractivity contribution < 1.29 is 9.47 Å². The molecule has 0 atom stereocenters. The van der Waals surface area contributed by atoms with E-state index in [4.69, 9.17) is 9.47 Å². The Balaban J connectivity index is 2.06. The zero-order valence-electron chi connectivity index (χ0n) is 12.7. The minimum Gasteiger partial charge on any atom is -0.478 e. The van der Waals surface area contributed by atoms with Crippen LogP contribution in [0.4, 0.5) is 5.82 Å². The molecule has 0 fully saturated rings. The number of nitrogens with one attached hydrogen (secondary N) is 1. The maximum atomic E-state index is 5.47. The molecular weight excluding hydrogens is 266 g/mol. The van der Waals surface area contributed by atoms with Crippen molar-refractivity contribution in [3.8, 4) is 5.88 Å². The van der Waals surface area contributed by atoms with Crippen molar-refractivity contribution in [1.82, 2.24) is 9.97 Å². The van der Waals surface area contributed by atoms with Gasteiger partial charge in [-0.3, -0.25) is 0 Å². The average Bonchev–Trinajstić information content (AvgIpc) is 2.49. The van der Waals surface area contributed by atoms with E-state index in [0.717, 1.165) is 16.9 Å². The highest BCUT2D eigenvalue weighted by Gasteiger charge is 2.07. The zero-order chi connectivity index (χ0) is 15.1. The second-order valence-electron chi connectivity index (χ2n) is 4.69. The van der Waals surface area contributed by atoms with Gasteiger partial charge in [0.1, 0.15) is 12.1 Å². The summed E-state index contributed by atoms with van der Waals surface area (Å²) >= 11 is 0. The van der Waals surface area contributed by atoms with Crippen molar-refractivity contribution in [3.05, 3.63) is 47.3 Å². The van der Waals surface area contributed by atoms with Gasteiger partial charge in [-0.15, -0.1) is 0 Å². The van der Waals surface area contributed by atoms with Crippen molar-refractivity contribution in [2.75, 3.05) is 19.0 Å². The molecule has 1 aromatic heterocycles. The number of ether oxygens (including phenoxy) is 2. The van der Waals surface area contributed by atoms with Gasteiger partial charge < -0.3 is 14.8 Å². The fraction of sp³-hybridized carbons (Fsp3) is 0.375. The van der Waals surface area contributed by atoms with Crippen molar-refractivity contribution in [2.45, 2.75) is 27.0 Å². The molecule has 0 radical (unpaired) electrons.